The molecule has 1 aliphatic heterocycles. The Kier molecular flexibility index (Phi) is 3.64. The molecule has 0 aliphatic carbocycles. The molecule has 0 saturated carbocycles. The summed E-state index contributed by atoms with van der Waals surface area (Å²) in [6.07, 6.45) is 1.30. The van der Waals surface area contributed by atoms with E-state index in [0.29, 0.717) is 12.6 Å². The maximum Gasteiger partial charge on any atom is 0.138 e. The van der Waals surface area contributed by atoms with Gasteiger partial charge in [0, 0.05) is 24.9 Å². The predicted octanol–water partition coefficient (Wildman–Crippen LogP) is 1.70. The number of hydrogen-bond acceptors (Lipinski definition) is 4. The SMILES string of the molecule is Cc1ccc(O)c(CN(C)C2CCOC2C)n1. The van der Waals surface area contributed by atoms with Crippen LogP contribution in [0.4, 0.5) is 0 Å². The molecular formula is C13H20N2O2. The van der Waals surface area contributed by atoms with Gasteiger partial charge in [0.15, 0.2) is 0 Å². The number of aromatic hydroxyl groups is 1. The summed E-state index contributed by atoms with van der Waals surface area (Å²) in [7, 11) is 2.05. The van der Waals surface area contributed by atoms with Crippen LogP contribution in [0.3, 0.4) is 0 Å². The third-order valence-corrected chi connectivity index (χ3v) is 3.39. The maximum absolute atomic E-state index is 9.77. The molecule has 0 radical (unpaired) electrons. The summed E-state index contributed by atoms with van der Waals surface area (Å²) in [6, 6.07) is 3.94. The van der Waals surface area contributed by atoms with E-state index in [-0.39, 0.29) is 11.9 Å². The highest BCUT2D eigenvalue weighted by Crippen LogP contribution is 2.22. The minimum atomic E-state index is 0.256. The van der Waals surface area contributed by atoms with Gasteiger partial charge in [0.2, 0.25) is 0 Å². The second-order valence-electron chi connectivity index (χ2n) is 4.77. The Hall–Kier alpha value is -1.13. The molecule has 1 aliphatic rings. The van der Waals surface area contributed by atoms with Crippen molar-refractivity contribution >= 4 is 0 Å². The van der Waals surface area contributed by atoms with E-state index in [4.69, 9.17) is 4.74 Å². The summed E-state index contributed by atoms with van der Waals surface area (Å²) in [5, 5.41) is 9.77. The zero-order chi connectivity index (χ0) is 12.4. The summed E-state index contributed by atoms with van der Waals surface area (Å²) in [5.41, 5.74) is 1.67. The quantitative estimate of drug-likeness (QED) is 0.867. The van der Waals surface area contributed by atoms with Crippen molar-refractivity contribution < 1.29 is 9.84 Å². The molecule has 0 spiro atoms. The van der Waals surface area contributed by atoms with E-state index in [1.807, 2.05) is 13.0 Å². The van der Waals surface area contributed by atoms with Crippen molar-refractivity contribution in [1.29, 1.82) is 0 Å². The largest absolute Gasteiger partial charge is 0.506 e. The Morgan fingerprint density at radius 1 is 1.53 bits per heavy atom. The normalized spacial score (nSPS) is 24.5. The third kappa shape index (κ3) is 2.76. The molecule has 4 nitrogen and oxygen atoms in total. The van der Waals surface area contributed by atoms with Crippen LogP contribution in [0, 0.1) is 6.92 Å². The fourth-order valence-corrected chi connectivity index (χ4v) is 2.37. The number of aromatic nitrogens is 1. The minimum absolute atomic E-state index is 0.256. The second kappa shape index (κ2) is 5.02. The van der Waals surface area contributed by atoms with Gasteiger partial charge in [-0.2, -0.15) is 0 Å². The average Bonchev–Trinajstić information content (AvgIpc) is 2.70. The van der Waals surface area contributed by atoms with Gasteiger partial charge in [0.25, 0.3) is 0 Å². The number of ether oxygens (including phenoxy) is 1. The van der Waals surface area contributed by atoms with Crippen molar-refractivity contribution in [3.63, 3.8) is 0 Å². The van der Waals surface area contributed by atoms with Crippen LogP contribution in [-0.2, 0) is 11.3 Å². The standard InChI is InChI=1S/C13H20N2O2/c1-9-4-5-13(16)11(14-9)8-15(3)12-6-7-17-10(12)2/h4-5,10,12,16H,6-8H2,1-3H3. The molecule has 1 fully saturated rings. The Bertz CT molecular complexity index is 395. The van der Waals surface area contributed by atoms with Gasteiger partial charge >= 0.3 is 0 Å². The molecule has 1 aromatic rings. The van der Waals surface area contributed by atoms with E-state index < -0.39 is 0 Å². The molecule has 2 heterocycles. The van der Waals surface area contributed by atoms with Gasteiger partial charge in [-0.15, -0.1) is 0 Å². The van der Waals surface area contributed by atoms with E-state index in [1.165, 1.54) is 0 Å². The average molecular weight is 236 g/mol. The van der Waals surface area contributed by atoms with Gasteiger partial charge in [-0.05, 0) is 39.4 Å². The molecule has 17 heavy (non-hydrogen) atoms. The molecule has 0 amide bonds. The van der Waals surface area contributed by atoms with Crippen molar-refractivity contribution in [2.45, 2.75) is 39.0 Å². The summed E-state index contributed by atoms with van der Waals surface area (Å²) in [4.78, 5) is 6.58. The Morgan fingerprint density at radius 3 is 2.94 bits per heavy atom. The smallest absolute Gasteiger partial charge is 0.138 e. The Labute approximate surface area is 102 Å². The fraction of sp³-hybridized carbons (Fsp3) is 0.615. The summed E-state index contributed by atoms with van der Waals surface area (Å²) >= 11 is 0. The number of likely N-dealkylation sites (N-methyl/N-ethyl adjacent to an activating group) is 1. The molecule has 1 saturated heterocycles. The first-order valence-electron chi connectivity index (χ1n) is 6.05. The molecule has 1 aromatic heterocycles. The van der Waals surface area contributed by atoms with Gasteiger partial charge in [-0.25, -0.2) is 0 Å². The molecule has 2 atom stereocenters. The molecule has 0 bridgehead atoms. The summed E-state index contributed by atoms with van der Waals surface area (Å²) in [6.45, 7) is 5.51. The fourth-order valence-electron chi connectivity index (χ4n) is 2.37. The zero-order valence-corrected chi connectivity index (χ0v) is 10.7. The molecule has 4 heteroatoms. The first-order chi connectivity index (χ1) is 8.08. The van der Waals surface area contributed by atoms with Gasteiger partial charge < -0.3 is 9.84 Å². The van der Waals surface area contributed by atoms with E-state index >= 15 is 0 Å². The van der Waals surface area contributed by atoms with Crippen LogP contribution < -0.4 is 0 Å². The lowest BCUT2D eigenvalue weighted by molar-refractivity contribution is 0.0807. The number of hydrogen-bond donors (Lipinski definition) is 1. The van der Waals surface area contributed by atoms with Gasteiger partial charge in [0.1, 0.15) is 5.75 Å². The van der Waals surface area contributed by atoms with Gasteiger partial charge in [-0.3, -0.25) is 9.88 Å². The van der Waals surface area contributed by atoms with Crippen LogP contribution in [0.5, 0.6) is 5.75 Å². The number of pyridine rings is 1. The first kappa shape index (κ1) is 12.3. The maximum atomic E-state index is 9.77. The van der Waals surface area contributed by atoms with E-state index in [9.17, 15) is 5.11 Å². The highest BCUT2D eigenvalue weighted by atomic mass is 16.5. The number of aryl methyl sites for hydroxylation is 1. The highest BCUT2D eigenvalue weighted by Gasteiger charge is 2.28. The molecule has 2 unspecified atom stereocenters. The monoisotopic (exact) mass is 236 g/mol. The van der Waals surface area contributed by atoms with Crippen LogP contribution in [0.15, 0.2) is 12.1 Å². The van der Waals surface area contributed by atoms with Gasteiger partial charge in [0.05, 0.1) is 11.8 Å². The van der Waals surface area contributed by atoms with Crippen LogP contribution in [-0.4, -0.2) is 40.8 Å². The Morgan fingerprint density at radius 2 is 2.29 bits per heavy atom. The Balaban J connectivity index is 2.07. The molecule has 0 aromatic carbocycles. The first-order valence-corrected chi connectivity index (χ1v) is 6.05. The number of rotatable bonds is 3. The van der Waals surface area contributed by atoms with Gasteiger partial charge in [-0.1, -0.05) is 0 Å². The second-order valence-corrected chi connectivity index (χ2v) is 4.77. The van der Waals surface area contributed by atoms with Crippen molar-refractivity contribution in [2.75, 3.05) is 13.7 Å². The van der Waals surface area contributed by atoms with Crippen LogP contribution in [0.2, 0.25) is 0 Å². The van der Waals surface area contributed by atoms with E-state index in [2.05, 4.69) is 23.9 Å². The topological polar surface area (TPSA) is 45.6 Å². The molecule has 2 rings (SSSR count). The van der Waals surface area contributed by atoms with Crippen LogP contribution in [0.1, 0.15) is 24.7 Å². The summed E-state index contributed by atoms with van der Waals surface area (Å²) < 4.78 is 5.55. The van der Waals surface area contributed by atoms with Crippen molar-refractivity contribution in [3.8, 4) is 5.75 Å². The lowest BCUT2D eigenvalue weighted by Crippen LogP contribution is -2.36. The van der Waals surface area contributed by atoms with Crippen LogP contribution >= 0.6 is 0 Å². The number of nitrogens with zero attached hydrogens (tertiary/aromatic N) is 2. The third-order valence-electron chi connectivity index (χ3n) is 3.39. The minimum Gasteiger partial charge on any atom is -0.506 e. The molecule has 94 valence electrons. The van der Waals surface area contributed by atoms with Crippen molar-refractivity contribution in [3.05, 3.63) is 23.5 Å². The summed E-state index contributed by atoms with van der Waals surface area (Å²) in [5.74, 6) is 0.272. The predicted molar refractivity (Wildman–Crippen MR) is 65.9 cm³/mol. The highest BCUT2D eigenvalue weighted by molar-refractivity contribution is 5.27. The van der Waals surface area contributed by atoms with Crippen molar-refractivity contribution in [2.24, 2.45) is 0 Å². The lowest BCUT2D eigenvalue weighted by Gasteiger charge is -2.26. The van der Waals surface area contributed by atoms with E-state index in [1.54, 1.807) is 6.07 Å². The van der Waals surface area contributed by atoms with E-state index in [0.717, 1.165) is 24.4 Å². The van der Waals surface area contributed by atoms with Crippen LogP contribution in [0.25, 0.3) is 0 Å². The lowest BCUT2D eigenvalue weighted by atomic mass is 10.1. The molecular weight excluding hydrogens is 216 g/mol. The zero-order valence-electron chi connectivity index (χ0n) is 10.7. The molecule has 1 N–H and O–H groups in total. The van der Waals surface area contributed by atoms with Crippen molar-refractivity contribution in [1.82, 2.24) is 9.88 Å².